The Balaban J connectivity index is 1.50. The van der Waals surface area contributed by atoms with Crippen molar-refractivity contribution < 1.29 is 9.59 Å². The highest BCUT2D eigenvalue weighted by molar-refractivity contribution is 7.99. The number of amides is 2. The van der Waals surface area contributed by atoms with Crippen molar-refractivity contribution in [2.75, 3.05) is 5.32 Å². The van der Waals surface area contributed by atoms with Crippen LogP contribution in [0.5, 0.6) is 0 Å². The molecule has 2 aromatic carbocycles. The van der Waals surface area contributed by atoms with Crippen LogP contribution in [0.1, 0.15) is 32.0 Å². The molecular formula is C24H21N5O2S. The second kappa shape index (κ2) is 9.07. The average Bonchev–Trinajstić information content (AvgIpc) is 3.28. The molecule has 4 rings (SSSR count). The number of nitrogens with one attached hydrogen (secondary N) is 1. The second-order valence-electron chi connectivity index (χ2n) is 7.22. The van der Waals surface area contributed by atoms with Crippen molar-refractivity contribution in [1.82, 2.24) is 14.8 Å². The van der Waals surface area contributed by atoms with Gasteiger partial charge in [0.1, 0.15) is 10.7 Å². The van der Waals surface area contributed by atoms with Gasteiger partial charge < -0.3 is 11.1 Å². The highest BCUT2D eigenvalue weighted by Crippen LogP contribution is 2.30. The van der Waals surface area contributed by atoms with Gasteiger partial charge in [-0.25, -0.2) is 9.67 Å². The number of aryl methyl sites for hydroxylation is 2. The number of anilines is 1. The maximum atomic E-state index is 12.9. The van der Waals surface area contributed by atoms with E-state index in [0.717, 1.165) is 10.6 Å². The summed E-state index contributed by atoms with van der Waals surface area (Å²) in [5.74, 6) is -0.828. The van der Waals surface area contributed by atoms with Crippen molar-refractivity contribution in [1.29, 1.82) is 0 Å². The van der Waals surface area contributed by atoms with Gasteiger partial charge in [-0.2, -0.15) is 5.10 Å². The van der Waals surface area contributed by atoms with Crippen molar-refractivity contribution in [3.63, 3.8) is 0 Å². The summed E-state index contributed by atoms with van der Waals surface area (Å²) in [4.78, 5) is 29.6. The van der Waals surface area contributed by atoms with Gasteiger partial charge in [-0.3, -0.25) is 9.59 Å². The van der Waals surface area contributed by atoms with Crippen LogP contribution in [-0.2, 0) is 0 Å². The lowest BCUT2D eigenvalue weighted by atomic mass is 10.1. The fourth-order valence-electron chi connectivity index (χ4n) is 3.03. The van der Waals surface area contributed by atoms with Crippen LogP contribution in [0.2, 0.25) is 0 Å². The molecule has 0 bridgehead atoms. The van der Waals surface area contributed by atoms with Crippen LogP contribution < -0.4 is 11.1 Å². The van der Waals surface area contributed by atoms with Gasteiger partial charge >= 0.3 is 0 Å². The third kappa shape index (κ3) is 4.70. The average molecular weight is 444 g/mol. The summed E-state index contributed by atoms with van der Waals surface area (Å²) in [7, 11) is 0. The molecule has 8 heteroatoms. The van der Waals surface area contributed by atoms with Crippen LogP contribution in [0.15, 0.2) is 83.0 Å². The molecule has 0 saturated heterocycles. The predicted molar refractivity (Wildman–Crippen MR) is 124 cm³/mol. The van der Waals surface area contributed by atoms with E-state index >= 15 is 0 Å². The summed E-state index contributed by atoms with van der Waals surface area (Å²) in [6.45, 7) is 4.13. The molecule has 7 nitrogen and oxygen atoms in total. The summed E-state index contributed by atoms with van der Waals surface area (Å²) >= 11 is 1.46. The molecule has 2 heterocycles. The zero-order chi connectivity index (χ0) is 22.7. The van der Waals surface area contributed by atoms with E-state index in [4.69, 9.17) is 5.73 Å². The molecule has 0 atom stereocenters. The smallest absolute Gasteiger partial charge is 0.269 e. The van der Waals surface area contributed by atoms with Gasteiger partial charge in [0.05, 0.1) is 11.3 Å². The Morgan fingerprint density at radius 2 is 1.78 bits per heavy atom. The van der Waals surface area contributed by atoms with Crippen LogP contribution in [-0.4, -0.2) is 26.6 Å². The van der Waals surface area contributed by atoms with Gasteiger partial charge in [0, 0.05) is 23.0 Å². The minimum absolute atomic E-state index is 0.188. The van der Waals surface area contributed by atoms with E-state index in [1.807, 2.05) is 6.07 Å². The topological polar surface area (TPSA) is 103 Å². The largest absolute Gasteiger partial charge is 0.364 e. The molecule has 0 radical (unpaired) electrons. The number of hydrogen-bond donors (Lipinski definition) is 2. The molecule has 4 aromatic rings. The molecule has 2 amide bonds. The van der Waals surface area contributed by atoms with Crippen LogP contribution >= 0.6 is 11.8 Å². The number of carbonyl (C=O) groups is 2. The fraction of sp³-hybridized carbons (Fsp3) is 0.0833. The molecule has 0 unspecified atom stereocenters. The molecule has 160 valence electrons. The van der Waals surface area contributed by atoms with Crippen molar-refractivity contribution in [2.45, 2.75) is 23.8 Å². The molecule has 0 spiro atoms. The molecule has 0 aliphatic carbocycles. The monoisotopic (exact) mass is 443 g/mol. The highest BCUT2D eigenvalue weighted by Gasteiger charge is 2.14. The van der Waals surface area contributed by atoms with Crippen molar-refractivity contribution in [2.24, 2.45) is 5.73 Å². The second-order valence-corrected chi connectivity index (χ2v) is 8.28. The lowest BCUT2D eigenvalue weighted by Crippen LogP contribution is -2.14. The summed E-state index contributed by atoms with van der Waals surface area (Å²) in [6, 6.07) is 18.4. The quantitative estimate of drug-likeness (QED) is 0.460. The minimum atomic E-state index is -0.585. The third-order valence-corrected chi connectivity index (χ3v) is 5.95. The number of aromatic nitrogens is 3. The van der Waals surface area contributed by atoms with E-state index in [1.165, 1.54) is 22.9 Å². The summed E-state index contributed by atoms with van der Waals surface area (Å²) in [6.07, 6.45) is 3.33. The maximum Gasteiger partial charge on any atom is 0.269 e. The first kappa shape index (κ1) is 21.3. The Morgan fingerprint density at radius 1 is 1.00 bits per heavy atom. The molecule has 2 aromatic heterocycles. The number of rotatable bonds is 6. The molecule has 0 fully saturated rings. The Hall–Kier alpha value is -3.91. The number of hydrogen-bond acceptors (Lipinski definition) is 5. The zero-order valence-electron chi connectivity index (χ0n) is 17.6. The highest BCUT2D eigenvalue weighted by atomic mass is 32.2. The summed E-state index contributed by atoms with van der Waals surface area (Å²) in [5.41, 5.74) is 9.71. The van der Waals surface area contributed by atoms with Gasteiger partial charge in [-0.05, 0) is 79.6 Å². The van der Waals surface area contributed by atoms with Gasteiger partial charge in [0.25, 0.3) is 11.8 Å². The summed E-state index contributed by atoms with van der Waals surface area (Å²) in [5, 5.41) is 7.68. The minimum Gasteiger partial charge on any atom is -0.364 e. The van der Waals surface area contributed by atoms with E-state index in [9.17, 15) is 9.59 Å². The van der Waals surface area contributed by atoms with Crippen LogP contribution in [0.4, 0.5) is 5.69 Å². The first-order valence-corrected chi connectivity index (χ1v) is 10.7. The van der Waals surface area contributed by atoms with Gasteiger partial charge in [0.2, 0.25) is 0 Å². The van der Waals surface area contributed by atoms with Gasteiger partial charge in [-0.15, -0.1) is 0 Å². The zero-order valence-corrected chi connectivity index (χ0v) is 18.4. The molecule has 0 aliphatic heterocycles. The lowest BCUT2D eigenvalue weighted by molar-refractivity contribution is 0.0992. The number of pyridine rings is 1. The Bertz CT molecular complexity index is 1300. The Kier molecular flexibility index (Phi) is 6.04. The Labute approximate surface area is 189 Å². The van der Waals surface area contributed by atoms with E-state index in [1.54, 1.807) is 59.5 Å². The normalized spacial score (nSPS) is 10.7. The first-order chi connectivity index (χ1) is 15.4. The van der Waals surface area contributed by atoms with E-state index in [0.29, 0.717) is 16.3 Å². The maximum absolute atomic E-state index is 12.9. The van der Waals surface area contributed by atoms with E-state index in [2.05, 4.69) is 41.4 Å². The molecule has 0 aliphatic rings. The first-order valence-electron chi connectivity index (χ1n) is 9.88. The molecular weight excluding hydrogens is 422 g/mol. The Morgan fingerprint density at radius 3 is 2.47 bits per heavy atom. The number of carbonyl (C=O) groups excluding carboxylic acids is 2. The fourth-order valence-corrected chi connectivity index (χ4v) is 4.01. The van der Waals surface area contributed by atoms with Crippen LogP contribution in [0, 0.1) is 13.8 Å². The van der Waals surface area contributed by atoms with Crippen molar-refractivity contribution in [3.05, 3.63) is 95.4 Å². The van der Waals surface area contributed by atoms with Gasteiger partial charge in [0.15, 0.2) is 0 Å². The third-order valence-electron chi connectivity index (χ3n) is 4.94. The van der Waals surface area contributed by atoms with Crippen LogP contribution in [0.3, 0.4) is 0 Å². The number of nitrogens with zero attached hydrogens (tertiary/aromatic N) is 3. The number of benzene rings is 2. The van der Waals surface area contributed by atoms with Crippen LogP contribution in [0.25, 0.3) is 5.69 Å². The van der Waals surface area contributed by atoms with Crippen molar-refractivity contribution in [3.8, 4) is 5.69 Å². The SMILES string of the molecule is Cc1ccc(Sc2ncccc2C(=O)Nc2ccc(-n3ccc(C(N)=O)n3)cc2)cc1C. The molecule has 0 saturated carbocycles. The van der Waals surface area contributed by atoms with E-state index < -0.39 is 5.91 Å². The standard InChI is InChI=1S/C24H21N5O2S/c1-15-5-10-19(14-16(15)2)32-24-20(4-3-12-26-24)23(31)27-17-6-8-18(9-7-17)29-13-11-21(28-29)22(25)30/h3-14H,1-2H3,(H2,25,30)(H,27,31). The number of primary amides is 1. The van der Waals surface area contributed by atoms with Gasteiger partial charge in [-0.1, -0.05) is 17.8 Å². The molecule has 3 N–H and O–H groups in total. The summed E-state index contributed by atoms with van der Waals surface area (Å²) < 4.78 is 1.55. The van der Waals surface area contributed by atoms with E-state index in [-0.39, 0.29) is 11.6 Å². The molecule has 32 heavy (non-hydrogen) atoms. The lowest BCUT2D eigenvalue weighted by Gasteiger charge is -2.10. The number of nitrogens with two attached hydrogens (primary N) is 1. The predicted octanol–water partition coefficient (Wildman–Crippen LogP) is 4.39. The van der Waals surface area contributed by atoms with Crippen molar-refractivity contribution >= 4 is 29.3 Å².